The Bertz CT molecular complexity index is 199. The molecule has 0 aromatic heterocycles. The van der Waals surface area contributed by atoms with Crippen molar-refractivity contribution in [1.29, 1.82) is 0 Å². The predicted octanol–water partition coefficient (Wildman–Crippen LogP) is 2.50. The Hall–Kier alpha value is -0.0800. The fourth-order valence-electron chi connectivity index (χ4n) is 2.95. The Balaban J connectivity index is 1.64. The lowest BCUT2D eigenvalue weighted by Crippen LogP contribution is -2.44. The maximum atomic E-state index is 3.74. The van der Waals surface area contributed by atoms with E-state index in [1.54, 1.807) is 0 Å². The molecule has 1 N–H and O–H groups in total. The lowest BCUT2D eigenvalue weighted by molar-refractivity contribution is 0.151. The topological polar surface area (TPSA) is 15.3 Å². The van der Waals surface area contributed by atoms with Crippen LogP contribution in [0.3, 0.4) is 0 Å². The summed E-state index contributed by atoms with van der Waals surface area (Å²) in [5.41, 5.74) is 0. The van der Waals surface area contributed by atoms with E-state index in [-0.39, 0.29) is 0 Å². The first kappa shape index (κ1) is 12.4. The molecule has 1 saturated carbocycles. The van der Waals surface area contributed by atoms with E-state index in [0.717, 1.165) is 17.9 Å². The smallest absolute Gasteiger partial charge is 0.00672 e. The first-order valence-corrected chi connectivity index (χ1v) is 7.20. The molecule has 0 radical (unpaired) electrons. The molecule has 2 fully saturated rings. The van der Waals surface area contributed by atoms with Crippen LogP contribution in [0.5, 0.6) is 0 Å². The van der Waals surface area contributed by atoms with Crippen molar-refractivity contribution in [2.75, 3.05) is 26.2 Å². The molecule has 16 heavy (non-hydrogen) atoms. The SMILES string of the molecule is CC(C)CN1CCCC(CNC2CCC2)C1. The van der Waals surface area contributed by atoms with E-state index >= 15 is 0 Å². The molecule has 1 saturated heterocycles. The first-order chi connectivity index (χ1) is 7.74. The predicted molar refractivity (Wildman–Crippen MR) is 69.6 cm³/mol. The van der Waals surface area contributed by atoms with Crippen LogP contribution < -0.4 is 5.32 Å². The summed E-state index contributed by atoms with van der Waals surface area (Å²) in [5, 5.41) is 3.74. The van der Waals surface area contributed by atoms with Crippen molar-refractivity contribution in [3.05, 3.63) is 0 Å². The van der Waals surface area contributed by atoms with Gasteiger partial charge < -0.3 is 10.2 Å². The highest BCUT2D eigenvalue weighted by atomic mass is 15.1. The minimum absolute atomic E-state index is 0.818. The summed E-state index contributed by atoms with van der Waals surface area (Å²) < 4.78 is 0. The maximum Gasteiger partial charge on any atom is 0.00672 e. The number of nitrogens with zero attached hydrogens (tertiary/aromatic N) is 1. The molecule has 0 bridgehead atoms. The van der Waals surface area contributed by atoms with Crippen molar-refractivity contribution < 1.29 is 0 Å². The monoisotopic (exact) mass is 224 g/mol. The van der Waals surface area contributed by atoms with E-state index in [2.05, 4.69) is 24.1 Å². The Morgan fingerprint density at radius 1 is 1.19 bits per heavy atom. The minimum atomic E-state index is 0.818. The summed E-state index contributed by atoms with van der Waals surface area (Å²) in [6.07, 6.45) is 7.13. The highest BCUT2D eigenvalue weighted by Gasteiger charge is 2.22. The van der Waals surface area contributed by atoms with Crippen LogP contribution in [-0.4, -0.2) is 37.1 Å². The zero-order valence-electron chi connectivity index (χ0n) is 11.0. The molecule has 94 valence electrons. The lowest BCUT2D eigenvalue weighted by Gasteiger charge is -2.35. The summed E-state index contributed by atoms with van der Waals surface area (Å²) in [6, 6.07) is 0.862. The van der Waals surface area contributed by atoms with E-state index in [1.165, 1.54) is 58.3 Å². The van der Waals surface area contributed by atoms with Crippen molar-refractivity contribution in [2.24, 2.45) is 11.8 Å². The molecule has 0 amide bonds. The number of nitrogens with one attached hydrogen (secondary N) is 1. The molecular weight excluding hydrogens is 196 g/mol. The number of rotatable bonds is 5. The van der Waals surface area contributed by atoms with Crippen LogP contribution in [-0.2, 0) is 0 Å². The number of hydrogen-bond donors (Lipinski definition) is 1. The fourth-order valence-corrected chi connectivity index (χ4v) is 2.95. The van der Waals surface area contributed by atoms with Gasteiger partial charge in [0.25, 0.3) is 0 Å². The van der Waals surface area contributed by atoms with Gasteiger partial charge in [0.15, 0.2) is 0 Å². The minimum Gasteiger partial charge on any atom is -0.314 e. The quantitative estimate of drug-likeness (QED) is 0.772. The molecule has 0 aromatic carbocycles. The van der Waals surface area contributed by atoms with Crippen LogP contribution in [0.4, 0.5) is 0 Å². The van der Waals surface area contributed by atoms with Crippen molar-refractivity contribution in [3.63, 3.8) is 0 Å². The molecule has 1 aliphatic carbocycles. The molecule has 1 heterocycles. The molecular formula is C14H28N2. The largest absolute Gasteiger partial charge is 0.314 e. The van der Waals surface area contributed by atoms with Crippen LogP contribution in [0.1, 0.15) is 46.0 Å². The number of likely N-dealkylation sites (tertiary alicyclic amines) is 1. The molecule has 1 atom stereocenters. The van der Waals surface area contributed by atoms with Crippen molar-refractivity contribution in [1.82, 2.24) is 10.2 Å². The molecule has 1 unspecified atom stereocenters. The Morgan fingerprint density at radius 3 is 2.62 bits per heavy atom. The molecule has 2 heteroatoms. The average molecular weight is 224 g/mol. The van der Waals surface area contributed by atoms with Gasteiger partial charge in [-0.2, -0.15) is 0 Å². The number of hydrogen-bond acceptors (Lipinski definition) is 2. The second kappa shape index (κ2) is 6.02. The summed E-state index contributed by atoms with van der Waals surface area (Å²) in [6.45, 7) is 9.88. The highest BCUT2D eigenvalue weighted by Crippen LogP contribution is 2.21. The summed E-state index contributed by atoms with van der Waals surface area (Å²) >= 11 is 0. The second-order valence-electron chi connectivity index (χ2n) is 6.20. The average Bonchev–Trinajstić information content (AvgIpc) is 2.14. The zero-order chi connectivity index (χ0) is 11.4. The van der Waals surface area contributed by atoms with Crippen LogP contribution in [0, 0.1) is 11.8 Å². The third-order valence-corrected chi connectivity index (χ3v) is 4.03. The van der Waals surface area contributed by atoms with Gasteiger partial charge in [0.1, 0.15) is 0 Å². The van der Waals surface area contributed by atoms with Gasteiger partial charge in [-0.3, -0.25) is 0 Å². The van der Waals surface area contributed by atoms with Crippen molar-refractivity contribution in [3.8, 4) is 0 Å². The fraction of sp³-hybridized carbons (Fsp3) is 1.00. The maximum absolute atomic E-state index is 3.74. The third kappa shape index (κ3) is 3.74. The molecule has 2 aliphatic rings. The normalized spacial score (nSPS) is 28.3. The standard InChI is InChI=1S/C14H28N2/c1-12(2)10-16-8-4-5-13(11-16)9-15-14-6-3-7-14/h12-15H,3-11H2,1-2H3. The lowest BCUT2D eigenvalue weighted by atomic mass is 9.91. The first-order valence-electron chi connectivity index (χ1n) is 7.20. The molecule has 2 rings (SSSR count). The van der Waals surface area contributed by atoms with Gasteiger partial charge in [0, 0.05) is 19.1 Å². The van der Waals surface area contributed by atoms with E-state index in [4.69, 9.17) is 0 Å². The van der Waals surface area contributed by atoms with Gasteiger partial charge in [0.05, 0.1) is 0 Å². The van der Waals surface area contributed by atoms with Gasteiger partial charge >= 0.3 is 0 Å². The second-order valence-corrected chi connectivity index (χ2v) is 6.20. The summed E-state index contributed by atoms with van der Waals surface area (Å²) in [5.74, 6) is 1.73. The Kier molecular flexibility index (Phi) is 4.66. The van der Waals surface area contributed by atoms with Crippen molar-refractivity contribution in [2.45, 2.75) is 52.0 Å². The Morgan fingerprint density at radius 2 is 2.00 bits per heavy atom. The summed E-state index contributed by atoms with van der Waals surface area (Å²) in [7, 11) is 0. The van der Waals surface area contributed by atoms with E-state index < -0.39 is 0 Å². The Labute approximate surface area is 101 Å². The molecule has 1 aliphatic heterocycles. The van der Waals surface area contributed by atoms with Crippen LogP contribution in [0.2, 0.25) is 0 Å². The molecule has 0 spiro atoms. The van der Waals surface area contributed by atoms with E-state index in [0.29, 0.717) is 0 Å². The number of piperidine rings is 1. The highest BCUT2D eigenvalue weighted by molar-refractivity contribution is 4.80. The van der Waals surface area contributed by atoms with Gasteiger partial charge in [-0.25, -0.2) is 0 Å². The van der Waals surface area contributed by atoms with E-state index in [1.807, 2.05) is 0 Å². The summed E-state index contributed by atoms with van der Waals surface area (Å²) in [4.78, 5) is 2.67. The molecule has 2 nitrogen and oxygen atoms in total. The van der Waals surface area contributed by atoms with Crippen LogP contribution in [0.15, 0.2) is 0 Å². The van der Waals surface area contributed by atoms with Gasteiger partial charge in [-0.15, -0.1) is 0 Å². The van der Waals surface area contributed by atoms with Gasteiger partial charge in [-0.05, 0) is 50.6 Å². The zero-order valence-corrected chi connectivity index (χ0v) is 11.0. The third-order valence-electron chi connectivity index (χ3n) is 4.03. The molecule has 0 aromatic rings. The van der Waals surface area contributed by atoms with E-state index in [9.17, 15) is 0 Å². The van der Waals surface area contributed by atoms with Gasteiger partial charge in [0.2, 0.25) is 0 Å². The van der Waals surface area contributed by atoms with Crippen molar-refractivity contribution >= 4 is 0 Å². The van der Waals surface area contributed by atoms with Crippen LogP contribution in [0.25, 0.3) is 0 Å². The van der Waals surface area contributed by atoms with Crippen LogP contribution >= 0.6 is 0 Å². The van der Waals surface area contributed by atoms with Gasteiger partial charge in [-0.1, -0.05) is 20.3 Å².